The van der Waals surface area contributed by atoms with Crippen molar-refractivity contribution < 1.29 is 9.53 Å². The highest BCUT2D eigenvalue weighted by Gasteiger charge is 2.23. The lowest BCUT2D eigenvalue weighted by Crippen LogP contribution is -2.37. The van der Waals surface area contributed by atoms with Gasteiger partial charge in [-0.05, 0) is 37.8 Å². The highest BCUT2D eigenvalue weighted by molar-refractivity contribution is 5.99. The van der Waals surface area contributed by atoms with Gasteiger partial charge in [-0.2, -0.15) is 0 Å². The van der Waals surface area contributed by atoms with Gasteiger partial charge < -0.3 is 15.8 Å². The number of carbonyl (C=O) groups is 1. The summed E-state index contributed by atoms with van der Waals surface area (Å²) in [6, 6.07) is 5.35. The second-order valence-corrected chi connectivity index (χ2v) is 5.26. The number of amides is 1. The minimum atomic E-state index is -0.0976. The van der Waals surface area contributed by atoms with Crippen LogP contribution in [0.5, 0.6) is 5.75 Å². The number of methoxy groups -OCH3 is 1. The topological polar surface area (TPSA) is 64.3 Å². The van der Waals surface area contributed by atoms with Crippen molar-refractivity contribution in [3.8, 4) is 5.75 Å². The number of hydrogen-bond acceptors (Lipinski definition) is 3. The van der Waals surface area contributed by atoms with E-state index in [-0.39, 0.29) is 11.9 Å². The second kappa shape index (κ2) is 5.95. The molecule has 19 heavy (non-hydrogen) atoms. The molecule has 1 aliphatic carbocycles. The first-order chi connectivity index (χ1) is 9.11. The first-order valence-corrected chi connectivity index (χ1v) is 6.86. The SMILES string of the molecule is COc1ccc(C(=O)NC(C)C2CCCC2)c(N)c1. The number of carbonyl (C=O) groups excluding carboxylic acids is 1. The van der Waals surface area contributed by atoms with Crippen molar-refractivity contribution in [3.63, 3.8) is 0 Å². The Hall–Kier alpha value is -1.71. The molecule has 0 heterocycles. The minimum Gasteiger partial charge on any atom is -0.497 e. The van der Waals surface area contributed by atoms with Crippen LogP contribution >= 0.6 is 0 Å². The highest BCUT2D eigenvalue weighted by Crippen LogP contribution is 2.28. The molecule has 0 radical (unpaired) electrons. The zero-order valence-electron chi connectivity index (χ0n) is 11.6. The summed E-state index contributed by atoms with van der Waals surface area (Å²) < 4.78 is 5.08. The highest BCUT2D eigenvalue weighted by atomic mass is 16.5. The maximum absolute atomic E-state index is 12.2. The van der Waals surface area contributed by atoms with Crippen molar-refractivity contribution in [1.82, 2.24) is 5.32 Å². The number of anilines is 1. The third-order valence-corrected chi connectivity index (χ3v) is 3.97. The summed E-state index contributed by atoms with van der Waals surface area (Å²) in [5.74, 6) is 1.17. The number of nitrogens with two attached hydrogens (primary N) is 1. The zero-order valence-corrected chi connectivity index (χ0v) is 11.6. The summed E-state index contributed by atoms with van der Waals surface area (Å²) in [6.07, 6.45) is 4.96. The number of nitrogen functional groups attached to an aromatic ring is 1. The summed E-state index contributed by atoms with van der Waals surface area (Å²) in [4.78, 5) is 12.2. The van der Waals surface area contributed by atoms with Crippen LogP contribution in [0, 0.1) is 5.92 Å². The van der Waals surface area contributed by atoms with Crippen molar-refractivity contribution in [1.29, 1.82) is 0 Å². The molecular weight excluding hydrogens is 240 g/mol. The first-order valence-electron chi connectivity index (χ1n) is 6.86. The van der Waals surface area contributed by atoms with E-state index in [0.29, 0.717) is 22.9 Å². The first kappa shape index (κ1) is 13.7. The summed E-state index contributed by atoms with van der Waals surface area (Å²) in [7, 11) is 1.58. The van der Waals surface area contributed by atoms with Crippen molar-refractivity contribution in [2.24, 2.45) is 5.92 Å². The molecule has 2 rings (SSSR count). The molecule has 1 unspecified atom stereocenters. The van der Waals surface area contributed by atoms with Crippen molar-refractivity contribution in [3.05, 3.63) is 23.8 Å². The maximum atomic E-state index is 12.2. The van der Waals surface area contributed by atoms with Crippen molar-refractivity contribution in [2.75, 3.05) is 12.8 Å². The number of rotatable bonds is 4. The van der Waals surface area contributed by atoms with Gasteiger partial charge in [0, 0.05) is 17.8 Å². The van der Waals surface area contributed by atoms with E-state index >= 15 is 0 Å². The van der Waals surface area contributed by atoms with Crippen molar-refractivity contribution in [2.45, 2.75) is 38.6 Å². The lowest BCUT2D eigenvalue weighted by atomic mass is 9.99. The van der Waals surface area contributed by atoms with Gasteiger partial charge in [0.15, 0.2) is 0 Å². The molecule has 0 aliphatic heterocycles. The second-order valence-electron chi connectivity index (χ2n) is 5.26. The Morgan fingerprint density at radius 3 is 2.68 bits per heavy atom. The van der Waals surface area contributed by atoms with Crippen LogP contribution in [0.1, 0.15) is 43.0 Å². The quantitative estimate of drug-likeness (QED) is 0.820. The average Bonchev–Trinajstić information content (AvgIpc) is 2.92. The van der Waals surface area contributed by atoms with E-state index in [4.69, 9.17) is 10.5 Å². The molecule has 104 valence electrons. The van der Waals surface area contributed by atoms with Crippen LogP contribution in [0.25, 0.3) is 0 Å². The molecule has 4 nitrogen and oxygen atoms in total. The molecule has 1 amide bonds. The molecule has 1 aromatic rings. The molecule has 1 aliphatic rings. The standard InChI is InChI=1S/C15H22N2O2/c1-10(11-5-3-4-6-11)17-15(18)13-8-7-12(19-2)9-14(13)16/h7-11H,3-6,16H2,1-2H3,(H,17,18). The smallest absolute Gasteiger partial charge is 0.253 e. The van der Waals surface area contributed by atoms with E-state index in [0.717, 1.165) is 0 Å². The Labute approximate surface area is 114 Å². The molecule has 4 heteroatoms. The molecule has 0 aromatic heterocycles. The number of benzene rings is 1. The molecule has 3 N–H and O–H groups in total. The molecular formula is C15H22N2O2. The predicted octanol–water partition coefficient (Wildman–Crippen LogP) is 2.59. The van der Waals surface area contributed by atoms with Crippen LogP contribution in [0.3, 0.4) is 0 Å². The number of ether oxygens (including phenoxy) is 1. The number of nitrogens with one attached hydrogen (secondary N) is 1. The molecule has 1 fully saturated rings. The van der Waals surface area contributed by atoms with Gasteiger partial charge in [0.05, 0.1) is 12.7 Å². The Morgan fingerprint density at radius 2 is 2.11 bits per heavy atom. The number of hydrogen-bond donors (Lipinski definition) is 2. The van der Waals surface area contributed by atoms with Gasteiger partial charge in [0.1, 0.15) is 5.75 Å². The van der Waals surface area contributed by atoms with E-state index in [1.807, 2.05) is 0 Å². The fourth-order valence-corrected chi connectivity index (χ4v) is 2.73. The summed E-state index contributed by atoms with van der Waals surface area (Å²) >= 11 is 0. The van der Waals surface area contributed by atoms with Gasteiger partial charge in [0.2, 0.25) is 0 Å². The van der Waals surface area contributed by atoms with Gasteiger partial charge in [-0.1, -0.05) is 12.8 Å². The molecule has 1 saturated carbocycles. The lowest BCUT2D eigenvalue weighted by Gasteiger charge is -2.20. The van der Waals surface area contributed by atoms with Gasteiger partial charge in [0.25, 0.3) is 5.91 Å². The third kappa shape index (κ3) is 3.19. The molecule has 0 spiro atoms. The average molecular weight is 262 g/mol. The van der Waals surface area contributed by atoms with Gasteiger partial charge in [-0.3, -0.25) is 4.79 Å². The Kier molecular flexibility index (Phi) is 4.30. The van der Waals surface area contributed by atoms with Crippen LogP contribution in [0.4, 0.5) is 5.69 Å². The fraction of sp³-hybridized carbons (Fsp3) is 0.533. The summed E-state index contributed by atoms with van der Waals surface area (Å²) in [6.45, 7) is 2.08. The normalized spacial score (nSPS) is 17.2. The zero-order chi connectivity index (χ0) is 13.8. The van der Waals surface area contributed by atoms with E-state index in [2.05, 4.69) is 12.2 Å². The van der Waals surface area contributed by atoms with E-state index in [1.54, 1.807) is 25.3 Å². The Morgan fingerprint density at radius 1 is 1.42 bits per heavy atom. The van der Waals surface area contributed by atoms with E-state index < -0.39 is 0 Å². The van der Waals surface area contributed by atoms with Gasteiger partial charge in [-0.15, -0.1) is 0 Å². The Bertz CT molecular complexity index is 453. The van der Waals surface area contributed by atoms with Crippen LogP contribution in [-0.2, 0) is 0 Å². The molecule has 1 aromatic carbocycles. The van der Waals surface area contributed by atoms with Crippen LogP contribution in [0.2, 0.25) is 0 Å². The lowest BCUT2D eigenvalue weighted by molar-refractivity contribution is 0.0928. The van der Waals surface area contributed by atoms with Crippen molar-refractivity contribution >= 4 is 11.6 Å². The molecule has 0 saturated heterocycles. The molecule has 0 bridgehead atoms. The monoisotopic (exact) mass is 262 g/mol. The predicted molar refractivity (Wildman–Crippen MR) is 76.3 cm³/mol. The van der Waals surface area contributed by atoms with Crippen LogP contribution in [-0.4, -0.2) is 19.1 Å². The van der Waals surface area contributed by atoms with Crippen LogP contribution < -0.4 is 15.8 Å². The maximum Gasteiger partial charge on any atom is 0.253 e. The largest absolute Gasteiger partial charge is 0.497 e. The van der Waals surface area contributed by atoms with E-state index in [1.165, 1.54) is 25.7 Å². The fourth-order valence-electron chi connectivity index (χ4n) is 2.73. The minimum absolute atomic E-state index is 0.0976. The van der Waals surface area contributed by atoms with Gasteiger partial charge in [-0.25, -0.2) is 0 Å². The Balaban J connectivity index is 2.02. The van der Waals surface area contributed by atoms with Gasteiger partial charge >= 0.3 is 0 Å². The van der Waals surface area contributed by atoms with E-state index in [9.17, 15) is 4.79 Å². The summed E-state index contributed by atoms with van der Waals surface area (Å²) in [5.41, 5.74) is 6.86. The van der Waals surface area contributed by atoms with Crippen LogP contribution in [0.15, 0.2) is 18.2 Å². The molecule has 1 atom stereocenters. The summed E-state index contributed by atoms with van der Waals surface area (Å²) in [5, 5.41) is 3.06. The third-order valence-electron chi connectivity index (χ3n) is 3.97.